The van der Waals surface area contributed by atoms with Gasteiger partial charge in [0, 0.05) is 0 Å². The Labute approximate surface area is 91.4 Å². The van der Waals surface area contributed by atoms with Crippen molar-refractivity contribution in [3.05, 3.63) is 27.2 Å². The molecule has 3 heteroatoms. The molecule has 0 bridgehead atoms. The van der Waals surface area contributed by atoms with Gasteiger partial charge in [-0.05, 0) is 52.4 Å². The average molecular weight is 255 g/mol. The third-order valence-corrected chi connectivity index (χ3v) is 3.49. The minimum Gasteiger partial charge on any atom is -0.495 e. The lowest BCUT2D eigenvalue weighted by Gasteiger charge is -2.10. The average Bonchev–Trinajstić information content (AvgIpc) is 2.65. The Bertz CT molecular complexity index is 385. The van der Waals surface area contributed by atoms with Crippen LogP contribution in [0.15, 0.2) is 10.5 Å². The fourth-order valence-electron chi connectivity index (χ4n) is 1.99. The van der Waals surface area contributed by atoms with Crippen molar-refractivity contribution in [2.45, 2.75) is 19.3 Å². The lowest BCUT2D eigenvalue weighted by Crippen LogP contribution is -1.96. The molecule has 1 aromatic rings. The Hall–Kier alpha value is -0.830. The third-order valence-electron chi connectivity index (χ3n) is 2.65. The highest BCUT2D eigenvalue weighted by molar-refractivity contribution is 9.10. The van der Waals surface area contributed by atoms with E-state index in [9.17, 15) is 4.79 Å². The van der Waals surface area contributed by atoms with E-state index in [1.54, 1.807) is 7.11 Å². The summed E-state index contributed by atoms with van der Waals surface area (Å²) in [6, 6.07) is 1.94. The molecular weight excluding hydrogens is 244 g/mol. The summed E-state index contributed by atoms with van der Waals surface area (Å²) in [5, 5.41) is 0. The summed E-state index contributed by atoms with van der Waals surface area (Å²) >= 11 is 3.50. The van der Waals surface area contributed by atoms with E-state index in [0.29, 0.717) is 11.3 Å². The molecule has 0 fully saturated rings. The fraction of sp³-hybridized carbons (Fsp3) is 0.364. The lowest BCUT2D eigenvalue weighted by molar-refractivity contribution is 0.112. The molecule has 2 nitrogen and oxygen atoms in total. The molecule has 0 radical (unpaired) electrons. The molecule has 0 saturated carbocycles. The molecular formula is C11H11BrO2. The molecule has 1 aliphatic rings. The molecule has 0 heterocycles. The van der Waals surface area contributed by atoms with E-state index in [0.717, 1.165) is 23.6 Å². The van der Waals surface area contributed by atoms with E-state index in [1.165, 1.54) is 17.5 Å². The first kappa shape index (κ1) is 9.71. The van der Waals surface area contributed by atoms with Gasteiger partial charge in [0.25, 0.3) is 0 Å². The van der Waals surface area contributed by atoms with Crippen LogP contribution < -0.4 is 4.74 Å². The minimum absolute atomic E-state index is 0.639. The number of methoxy groups -OCH3 is 1. The van der Waals surface area contributed by atoms with Crippen LogP contribution in [0, 0.1) is 0 Å². The topological polar surface area (TPSA) is 26.3 Å². The Morgan fingerprint density at radius 3 is 2.93 bits per heavy atom. The lowest BCUT2D eigenvalue weighted by atomic mass is 10.1. The van der Waals surface area contributed by atoms with Crippen LogP contribution in [0.3, 0.4) is 0 Å². The van der Waals surface area contributed by atoms with Crippen molar-refractivity contribution in [1.29, 1.82) is 0 Å². The van der Waals surface area contributed by atoms with Crippen molar-refractivity contribution in [2.75, 3.05) is 7.11 Å². The van der Waals surface area contributed by atoms with Gasteiger partial charge < -0.3 is 4.74 Å². The molecule has 0 aliphatic heterocycles. The number of fused-ring (bicyclic) bond motifs is 1. The van der Waals surface area contributed by atoms with Gasteiger partial charge in [0.15, 0.2) is 6.29 Å². The van der Waals surface area contributed by atoms with Crippen molar-refractivity contribution >= 4 is 22.2 Å². The molecule has 14 heavy (non-hydrogen) atoms. The van der Waals surface area contributed by atoms with Gasteiger partial charge in [-0.1, -0.05) is 0 Å². The fourth-order valence-corrected chi connectivity index (χ4v) is 2.83. The number of rotatable bonds is 2. The van der Waals surface area contributed by atoms with Crippen LogP contribution >= 0.6 is 15.9 Å². The van der Waals surface area contributed by atoms with Crippen LogP contribution in [-0.4, -0.2) is 13.4 Å². The van der Waals surface area contributed by atoms with Gasteiger partial charge in [-0.15, -0.1) is 0 Å². The zero-order chi connectivity index (χ0) is 10.1. The summed E-state index contributed by atoms with van der Waals surface area (Å²) in [6.07, 6.45) is 4.16. The quantitative estimate of drug-likeness (QED) is 0.759. The summed E-state index contributed by atoms with van der Waals surface area (Å²) in [4.78, 5) is 10.8. The molecule has 0 saturated heterocycles. The third kappa shape index (κ3) is 1.36. The van der Waals surface area contributed by atoms with Crippen molar-refractivity contribution < 1.29 is 9.53 Å². The van der Waals surface area contributed by atoms with Gasteiger partial charge >= 0.3 is 0 Å². The summed E-state index contributed by atoms with van der Waals surface area (Å²) < 4.78 is 6.17. The van der Waals surface area contributed by atoms with E-state index >= 15 is 0 Å². The number of halogens is 1. The Morgan fingerprint density at radius 1 is 1.50 bits per heavy atom. The highest BCUT2D eigenvalue weighted by Gasteiger charge is 2.20. The van der Waals surface area contributed by atoms with Gasteiger partial charge in [0.05, 0.1) is 17.1 Å². The minimum atomic E-state index is 0.639. The molecule has 0 spiro atoms. The maximum Gasteiger partial charge on any atom is 0.153 e. The highest BCUT2D eigenvalue weighted by atomic mass is 79.9. The van der Waals surface area contributed by atoms with Gasteiger partial charge in [-0.25, -0.2) is 0 Å². The first-order chi connectivity index (χ1) is 6.77. The molecule has 1 aromatic carbocycles. The number of hydrogen-bond acceptors (Lipinski definition) is 2. The Morgan fingerprint density at radius 2 is 2.29 bits per heavy atom. The molecule has 1 aliphatic carbocycles. The smallest absolute Gasteiger partial charge is 0.153 e. The summed E-state index contributed by atoms with van der Waals surface area (Å²) in [6.45, 7) is 0. The number of aldehydes is 1. The molecule has 0 atom stereocenters. The summed E-state index contributed by atoms with van der Waals surface area (Å²) in [7, 11) is 1.59. The maximum absolute atomic E-state index is 10.8. The van der Waals surface area contributed by atoms with E-state index in [1.807, 2.05) is 6.07 Å². The molecule has 0 amide bonds. The first-order valence-corrected chi connectivity index (χ1v) is 5.40. The van der Waals surface area contributed by atoms with Crippen LogP contribution in [-0.2, 0) is 12.8 Å². The van der Waals surface area contributed by atoms with Crippen LogP contribution in [0.25, 0.3) is 0 Å². The van der Waals surface area contributed by atoms with Crippen LogP contribution in [0.5, 0.6) is 5.75 Å². The summed E-state index contributed by atoms with van der Waals surface area (Å²) in [5.74, 6) is 0.667. The largest absolute Gasteiger partial charge is 0.495 e. The Balaban J connectivity index is 2.65. The zero-order valence-electron chi connectivity index (χ0n) is 7.97. The van der Waals surface area contributed by atoms with E-state index in [-0.39, 0.29) is 0 Å². The van der Waals surface area contributed by atoms with Gasteiger partial charge in [0.1, 0.15) is 5.75 Å². The second-order valence-electron chi connectivity index (χ2n) is 3.42. The zero-order valence-corrected chi connectivity index (χ0v) is 9.56. The van der Waals surface area contributed by atoms with Gasteiger partial charge in [-0.2, -0.15) is 0 Å². The molecule has 0 aromatic heterocycles. The van der Waals surface area contributed by atoms with Gasteiger partial charge in [-0.3, -0.25) is 4.79 Å². The van der Waals surface area contributed by atoms with Crippen molar-refractivity contribution in [1.82, 2.24) is 0 Å². The molecule has 0 unspecified atom stereocenters. The predicted molar refractivity (Wildman–Crippen MR) is 58.1 cm³/mol. The van der Waals surface area contributed by atoms with Crippen LogP contribution in [0.4, 0.5) is 0 Å². The number of aryl methyl sites for hydroxylation is 1. The van der Waals surface area contributed by atoms with Crippen molar-refractivity contribution in [3.63, 3.8) is 0 Å². The number of hydrogen-bond donors (Lipinski definition) is 0. The van der Waals surface area contributed by atoms with Crippen LogP contribution in [0.1, 0.15) is 27.9 Å². The first-order valence-electron chi connectivity index (χ1n) is 4.61. The highest BCUT2D eigenvalue weighted by Crippen LogP contribution is 2.38. The molecule has 2 rings (SSSR count). The summed E-state index contributed by atoms with van der Waals surface area (Å²) in [5.41, 5.74) is 3.22. The number of carbonyl (C=O) groups excluding carboxylic acids is 1. The standard InChI is InChI=1S/C11H11BrO2/c1-14-11-8(6-13)5-7-3-2-4-9(7)10(11)12/h5-6H,2-4H2,1H3. The number of benzene rings is 1. The van der Waals surface area contributed by atoms with Gasteiger partial charge in [0.2, 0.25) is 0 Å². The molecule has 0 N–H and O–H groups in total. The van der Waals surface area contributed by atoms with E-state index < -0.39 is 0 Å². The van der Waals surface area contributed by atoms with E-state index in [4.69, 9.17) is 4.74 Å². The van der Waals surface area contributed by atoms with Crippen molar-refractivity contribution in [2.24, 2.45) is 0 Å². The normalized spacial score (nSPS) is 13.9. The number of ether oxygens (including phenoxy) is 1. The van der Waals surface area contributed by atoms with Crippen molar-refractivity contribution in [3.8, 4) is 5.75 Å². The molecule has 74 valence electrons. The maximum atomic E-state index is 10.8. The SMILES string of the molecule is COc1c(C=O)cc2c(c1Br)CCC2. The second kappa shape index (κ2) is 3.73. The predicted octanol–water partition coefficient (Wildman–Crippen LogP) is 2.76. The van der Waals surface area contributed by atoms with E-state index in [2.05, 4.69) is 15.9 Å². The van der Waals surface area contributed by atoms with Crippen LogP contribution in [0.2, 0.25) is 0 Å². The number of carbonyl (C=O) groups is 1. The monoisotopic (exact) mass is 254 g/mol. The Kier molecular flexibility index (Phi) is 2.59. The second-order valence-corrected chi connectivity index (χ2v) is 4.22.